The van der Waals surface area contributed by atoms with Crippen LogP contribution in [0.15, 0.2) is 47.5 Å². The first-order valence-electron chi connectivity index (χ1n) is 10.8. The van der Waals surface area contributed by atoms with E-state index in [-0.39, 0.29) is 30.3 Å². The van der Waals surface area contributed by atoms with Crippen molar-refractivity contribution in [2.24, 2.45) is 0 Å². The highest BCUT2D eigenvalue weighted by Gasteiger charge is 2.54. The van der Waals surface area contributed by atoms with Crippen molar-refractivity contribution in [1.82, 2.24) is 9.29 Å². The van der Waals surface area contributed by atoms with Gasteiger partial charge in [-0.3, -0.25) is 5.32 Å². The Morgan fingerprint density at radius 3 is 2.41 bits per heavy atom. The second-order valence-corrected chi connectivity index (χ2v) is 10.00. The average Bonchev–Trinajstić information content (AvgIpc) is 2.84. The maximum absolute atomic E-state index is 13.5. The van der Waals surface area contributed by atoms with Crippen molar-refractivity contribution < 1.29 is 36.6 Å². The van der Waals surface area contributed by atoms with Gasteiger partial charge in [0.15, 0.2) is 5.60 Å². The molecule has 0 bridgehead atoms. The van der Waals surface area contributed by atoms with Gasteiger partial charge in [-0.25, -0.2) is 18.2 Å². The Morgan fingerprint density at radius 1 is 1.22 bits per heavy atom. The average molecular weight is 537 g/mol. The van der Waals surface area contributed by atoms with E-state index in [1.54, 1.807) is 11.8 Å². The van der Waals surface area contributed by atoms with Crippen LogP contribution in [0.1, 0.15) is 18.9 Å². The summed E-state index contributed by atoms with van der Waals surface area (Å²) < 4.78 is 68.0. The number of hydrogen-bond acceptors (Lipinski definition) is 6. The minimum atomic E-state index is -4.98. The van der Waals surface area contributed by atoms with Gasteiger partial charge in [0.25, 0.3) is 0 Å². The molecule has 2 atom stereocenters. The molecule has 1 saturated heterocycles. The standard InChI is InChI=1S/C24H23F3N4O5S/c1-3-5-19-16-30(37(35,36)20-10-11-21(28-15-20)29-22(32)33)13-14-31(19)18-8-6-17(7-9-18)23(34,12-4-2)24(25,26)27/h2,6-11,15,19,34H,12-14,16H2,1H3,(H,28,29)(H,32,33)/t19-,23?/m0/s1. The molecule has 1 fully saturated rings. The molecule has 1 aliphatic heterocycles. The quantitative estimate of drug-likeness (QED) is 0.485. The summed E-state index contributed by atoms with van der Waals surface area (Å²) >= 11 is 0. The lowest BCUT2D eigenvalue weighted by Crippen LogP contribution is -2.54. The third-order valence-electron chi connectivity index (χ3n) is 5.77. The molecule has 0 spiro atoms. The Labute approximate surface area is 212 Å². The summed E-state index contributed by atoms with van der Waals surface area (Å²) in [5.74, 6) is 7.51. The lowest BCUT2D eigenvalue weighted by molar-refractivity contribution is -0.264. The number of halogens is 3. The minimum Gasteiger partial charge on any atom is -0.465 e. The summed E-state index contributed by atoms with van der Waals surface area (Å²) in [4.78, 5) is 16.2. The molecular weight excluding hydrogens is 513 g/mol. The summed E-state index contributed by atoms with van der Waals surface area (Å²) in [6.07, 6.45) is -1.17. The zero-order valence-electron chi connectivity index (χ0n) is 19.5. The van der Waals surface area contributed by atoms with Crippen LogP contribution in [-0.2, 0) is 15.6 Å². The molecule has 2 aromatic rings. The molecule has 2 heterocycles. The van der Waals surface area contributed by atoms with Crippen LogP contribution in [0.4, 0.5) is 29.5 Å². The molecule has 3 N–H and O–H groups in total. The van der Waals surface area contributed by atoms with Crippen LogP contribution >= 0.6 is 0 Å². The molecular formula is C24H23F3N4O5S. The van der Waals surface area contributed by atoms with E-state index in [4.69, 9.17) is 11.5 Å². The number of sulfonamides is 1. The summed E-state index contributed by atoms with van der Waals surface area (Å²) in [5.41, 5.74) is -3.11. The van der Waals surface area contributed by atoms with Crippen molar-refractivity contribution in [2.75, 3.05) is 29.9 Å². The number of carbonyl (C=O) groups is 1. The number of alkyl halides is 3. The fraction of sp³-hybridized carbons (Fsp3) is 0.333. The minimum absolute atomic E-state index is 0.0332. The van der Waals surface area contributed by atoms with Crippen molar-refractivity contribution in [3.05, 3.63) is 48.2 Å². The zero-order valence-corrected chi connectivity index (χ0v) is 20.3. The normalized spacial score (nSPS) is 18.2. The lowest BCUT2D eigenvalue weighted by atomic mass is 9.89. The SMILES string of the molecule is C#CCC(O)(c1ccc(N2CCN(S(=O)(=O)c3ccc(NC(=O)O)nc3)C[C@@H]2C#CC)cc1)C(F)(F)F. The van der Waals surface area contributed by atoms with Crippen LogP contribution in [0.2, 0.25) is 0 Å². The predicted molar refractivity (Wildman–Crippen MR) is 129 cm³/mol. The largest absolute Gasteiger partial charge is 0.465 e. The van der Waals surface area contributed by atoms with Crippen molar-refractivity contribution >= 4 is 27.6 Å². The van der Waals surface area contributed by atoms with Gasteiger partial charge in [0.2, 0.25) is 10.0 Å². The number of aromatic nitrogens is 1. The number of anilines is 2. The summed E-state index contributed by atoms with van der Waals surface area (Å²) in [6, 6.07) is 6.91. The van der Waals surface area contributed by atoms with E-state index in [1.165, 1.54) is 28.6 Å². The number of nitrogens with zero attached hydrogens (tertiary/aromatic N) is 3. The van der Waals surface area contributed by atoms with Gasteiger partial charge in [0, 0.05) is 31.5 Å². The Kier molecular flexibility index (Phi) is 8.03. The molecule has 37 heavy (non-hydrogen) atoms. The first-order chi connectivity index (χ1) is 17.3. The molecule has 1 aliphatic rings. The van der Waals surface area contributed by atoms with Gasteiger partial charge in [-0.1, -0.05) is 18.1 Å². The van der Waals surface area contributed by atoms with Crippen LogP contribution in [0.5, 0.6) is 0 Å². The molecule has 1 amide bonds. The van der Waals surface area contributed by atoms with E-state index in [0.717, 1.165) is 18.3 Å². The molecule has 196 valence electrons. The predicted octanol–water partition coefficient (Wildman–Crippen LogP) is 2.85. The summed E-state index contributed by atoms with van der Waals surface area (Å²) in [6.45, 7) is 1.77. The van der Waals surface area contributed by atoms with E-state index >= 15 is 0 Å². The smallest absolute Gasteiger partial charge is 0.422 e. The number of aliphatic hydroxyl groups is 1. The number of rotatable bonds is 6. The molecule has 0 aliphatic carbocycles. The molecule has 13 heteroatoms. The highest BCUT2D eigenvalue weighted by Crippen LogP contribution is 2.42. The van der Waals surface area contributed by atoms with Crippen LogP contribution in [0, 0.1) is 24.2 Å². The van der Waals surface area contributed by atoms with E-state index < -0.39 is 45.9 Å². The first kappa shape index (κ1) is 27.8. The van der Waals surface area contributed by atoms with Crippen molar-refractivity contribution in [3.63, 3.8) is 0 Å². The number of hydrogen-bond donors (Lipinski definition) is 3. The Bertz CT molecular complexity index is 1350. The number of carboxylic acid groups (broad SMARTS) is 1. The van der Waals surface area contributed by atoms with Crippen LogP contribution in [-0.4, -0.2) is 65.9 Å². The third kappa shape index (κ3) is 5.80. The molecule has 1 aromatic heterocycles. The van der Waals surface area contributed by atoms with Crippen LogP contribution < -0.4 is 10.2 Å². The van der Waals surface area contributed by atoms with Gasteiger partial charge >= 0.3 is 12.3 Å². The second kappa shape index (κ2) is 10.7. The number of nitrogens with one attached hydrogen (secondary N) is 1. The number of terminal acetylenes is 1. The highest BCUT2D eigenvalue weighted by atomic mass is 32.2. The molecule has 0 saturated carbocycles. The summed E-state index contributed by atoms with van der Waals surface area (Å²) in [5, 5.41) is 21.0. The Balaban J connectivity index is 1.83. The number of benzene rings is 1. The molecule has 1 unspecified atom stereocenters. The number of amides is 1. The van der Waals surface area contributed by atoms with E-state index in [0.29, 0.717) is 5.69 Å². The second-order valence-electron chi connectivity index (χ2n) is 8.06. The van der Waals surface area contributed by atoms with Gasteiger partial charge in [-0.2, -0.15) is 17.5 Å². The van der Waals surface area contributed by atoms with E-state index in [1.807, 2.05) is 11.2 Å². The fourth-order valence-corrected chi connectivity index (χ4v) is 5.27. The van der Waals surface area contributed by atoms with Gasteiger partial charge < -0.3 is 15.1 Å². The van der Waals surface area contributed by atoms with Crippen molar-refractivity contribution in [2.45, 2.75) is 36.1 Å². The van der Waals surface area contributed by atoms with E-state index in [9.17, 15) is 31.5 Å². The van der Waals surface area contributed by atoms with Gasteiger partial charge in [-0.15, -0.1) is 18.3 Å². The maximum atomic E-state index is 13.5. The number of pyridine rings is 1. The van der Waals surface area contributed by atoms with Gasteiger partial charge in [-0.05, 0) is 36.8 Å². The molecule has 9 nitrogen and oxygen atoms in total. The topological polar surface area (TPSA) is 123 Å². The molecule has 1 aromatic carbocycles. The van der Waals surface area contributed by atoms with Crippen molar-refractivity contribution in [1.29, 1.82) is 0 Å². The van der Waals surface area contributed by atoms with Gasteiger partial charge in [0.1, 0.15) is 16.8 Å². The van der Waals surface area contributed by atoms with E-state index in [2.05, 4.69) is 16.8 Å². The highest BCUT2D eigenvalue weighted by molar-refractivity contribution is 7.89. The van der Waals surface area contributed by atoms with Gasteiger partial charge in [0.05, 0.1) is 6.42 Å². The molecule has 0 radical (unpaired) electrons. The third-order valence-corrected chi connectivity index (χ3v) is 7.62. The first-order valence-corrected chi connectivity index (χ1v) is 12.3. The Morgan fingerprint density at radius 2 is 1.89 bits per heavy atom. The fourth-order valence-electron chi connectivity index (χ4n) is 3.88. The summed E-state index contributed by atoms with van der Waals surface area (Å²) in [7, 11) is -3.99. The lowest BCUT2D eigenvalue weighted by Gasteiger charge is -2.40. The molecule has 3 rings (SSSR count). The monoisotopic (exact) mass is 536 g/mol. The Hall–Kier alpha value is -3.78. The van der Waals surface area contributed by atoms with Crippen LogP contribution in [0.25, 0.3) is 0 Å². The van der Waals surface area contributed by atoms with Crippen LogP contribution in [0.3, 0.4) is 0 Å². The maximum Gasteiger partial charge on any atom is 0.422 e. The van der Waals surface area contributed by atoms with Crippen molar-refractivity contribution in [3.8, 4) is 24.2 Å². The number of piperazine rings is 1. The zero-order chi connectivity index (χ0) is 27.4.